The van der Waals surface area contributed by atoms with Crippen LogP contribution in [0.2, 0.25) is 39.3 Å². The van der Waals surface area contributed by atoms with Crippen LogP contribution in [0, 0.1) is 0 Å². The molecule has 0 aliphatic heterocycles. The summed E-state index contributed by atoms with van der Waals surface area (Å²) in [6.07, 6.45) is 0. The molecule has 0 atom stereocenters. The van der Waals surface area contributed by atoms with E-state index in [9.17, 15) is 156 Å². The van der Waals surface area contributed by atoms with Crippen LogP contribution in [0.4, 0.5) is 0 Å². The van der Waals surface area contributed by atoms with E-state index in [-0.39, 0.29) is 0 Å². The summed E-state index contributed by atoms with van der Waals surface area (Å²) < 4.78 is 473. The van der Waals surface area contributed by atoms with Crippen molar-refractivity contribution in [1.29, 1.82) is 0 Å². The highest BCUT2D eigenvalue weighted by Crippen LogP contribution is 2.07. The SMILES string of the molecule is C[SiH](C)O[SiH2][Si](=O)[Si](=O)[Si](=O)[Si](=O)[Si](=O)[Si](=O)[Si](=O)[Si](=O)[Si](=O)[Si](=O)[Si](=O)[Si](=O)[Si](=O)[Si](=O)[Si](=O)[Si](=O)[Si](=O)[Si](=O)[Si](=O)[Si](=O)[Si](=O)[Si](=O)[Si](=O)[Si](=O)[Si](=O)[Si](=O)[Si](=O)[Si](=O)[Si](=O)[Si](=O)[Si](=O)[Si](=O)[Si](=O)[Si](=O)[Si](=O)[Si](C)(C)O[SiH](C)C.O=[Si]=O. The first-order valence-corrected chi connectivity index (χ1v) is 117. The summed E-state index contributed by atoms with van der Waals surface area (Å²) in [7, 11) is -167. The van der Waals surface area contributed by atoms with E-state index in [0.29, 0.717) is 0 Å². The Hall–Kier alpha value is 1.20. The predicted octanol–water partition coefficient (Wildman–Crippen LogP) is -17.3. The largest absolute Gasteiger partial charge is 0.549 e. The zero-order valence-electron chi connectivity index (χ0n) is 42.3. The van der Waals surface area contributed by atoms with Gasteiger partial charge in [-0.3, -0.25) is 8.92 Å². The molecule has 0 aromatic rings. The van der Waals surface area contributed by atoms with Gasteiger partial charge in [0.1, 0.15) is 0 Å². The molecule has 0 heterocycles. The predicted molar refractivity (Wildman–Crippen MR) is 298 cm³/mol. The second-order valence-corrected chi connectivity index (χ2v) is 203. The van der Waals surface area contributed by atoms with E-state index in [1.807, 2.05) is 0 Å². The van der Waals surface area contributed by atoms with Crippen LogP contribution in [0.3, 0.4) is 0 Å². The van der Waals surface area contributed by atoms with Crippen molar-refractivity contribution < 1.29 is 173 Å². The fourth-order valence-corrected chi connectivity index (χ4v) is 448. The minimum atomic E-state index is -4.79. The van der Waals surface area contributed by atoms with Gasteiger partial charge in [0, 0.05) is 0 Å². The van der Waals surface area contributed by atoms with Crippen molar-refractivity contribution in [3.63, 3.8) is 0 Å². The molecule has 0 saturated carbocycles. The second-order valence-electron chi connectivity index (χ2n) is 15.7. The van der Waals surface area contributed by atoms with E-state index in [1.54, 1.807) is 26.2 Å². The van der Waals surface area contributed by atoms with Crippen LogP contribution in [-0.2, 0) is 173 Å². The normalized spacial score (nSPS) is 10.3. The van der Waals surface area contributed by atoms with Crippen molar-refractivity contribution >= 4 is 315 Å². The average molecular weight is 1840 g/mol. The molecule has 79 heteroatoms. The van der Waals surface area contributed by atoms with Gasteiger partial charge in [0.25, 0.3) is 0 Å². The van der Waals surface area contributed by atoms with Gasteiger partial charge in [0.05, 0.1) is 0 Å². The van der Waals surface area contributed by atoms with Crippen molar-refractivity contribution in [2.45, 2.75) is 39.3 Å². The summed E-state index contributed by atoms with van der Waals surface area (Å²) in [6, 6.07) is 0. The fourth-order valence-electron chi connectivity index (χ4n) is 4.65. The molecule has 0 unspecified atom stereocenters. The number of hydrogen-bond acceptors (Lipinski definition) is 39. The topological polar surface area (TPSA) is 650 Å². The quantitative estimate of drug-likeness (QED) is 0.0514. The molecule has 0 fully saturated rings. The summed E-state index contributed by atoms with van der Waals surface area (Å²) in [5, 5.41) is 0. The van der Waals surface area contributed by atoms with Crippen molar-refractivity contribution in [2.75, 3.05) is 0 Å². The molecule has 0 spiro atoms. The Morgan fingerprint density at radius 1 is 0.247 bits per heavy atom. The van der Waals surface area contributed by atoms with Crippen molar-refractivity contribution in [3.05, 3.63) is 0 Å². The van der Waals surface area contributed by atoms with Crippen LogP contribution < -0.4 is 0 Å². The van der Waals surface area contributed by atoms with Gasteiger partial charge < -0.3 is 164 Å². The Labute approximate surface area is 521 Å². The molecule has 0 amide bonds. The summed E-state index contributed by atoms with van der Waals surface area (Å²) in [6.45, 7) is 9.25. The first-order valence-electron chi connectivity index (χ1n) is 20.9. The molecule has 0 aromatic carbocycles. The third-order valence-corrected chi connectivity index (χ3v) is 305. The first kappa shape index (κ1) is 88.3. The lowest BCUT2D eigenvalue weighted by Gasteiger charge is -2.21. The minimum Gasteiger partial charge on any atom is -0.460 e. The number of hydrogen-bond donors (Lipinski definition) is 0. The van der Waals surface area contributed by atoms with Crippen molar-refractivity contribution in [3.8, 4) is 0 Å². The van der Waals surface area contributed by atoms with Crippen molar-refractivity contribution in [1.82, 2.24) is 0 Å². The highest BCUT2D eigenvalue weighted by molar-refractivity contribution is 7.86. The summed E-state index contributed by atoms with van der Waals surface area (Å²) in [5.41, 5.74) is 0. The second kappa shape index (κ2) is 40.4. The van der Waals surface area contributed by atoms with Gasteiger partial charge in [0.2, 0.25) is 17.1 Å². The van der Waals surface area contributed by atoms with Gasteiger partial charge in [-0.15, -0.1) is 0 Å². The first-order chi connectivity index (χ1) is 38.6. The van der Waals surface area contributed by atoms with Gasteiger partial charge >= 0.3 is 279 Å². The Balaban J connectivity index is 0. The Kier molecular flexibility index (Phi) is 42.0. The molecule has 0 N–H and O–H groups in total. The van der Waals surface area contributed by atoms with Crippen LogP contribution >= 0.6 is 0 Å². The Bertz CT molecular complexity index is 3580. The van der Waals surface area contributed by atoms with Gasteiger partial charge in [0.15, 0.2) is 18.1 Å². The molecule has 440 valence electrons. The average Bonchev–Trinajstić information content (AvgIpc) is 3.67. The molecule has 0 aromatic heterocycles. The maximum Gasteiger partial charge on any atom is 0.549 e. The zero-order valence-corrected chi connectivity index (χ0v) is 83.0. The monoisotopic (exact) mass is 1840 g/mol. The van der Waals surface area contributed by atoms with Gasteiger partial charge in [-0.05, 0) is 39.3 Å². The summed E-state index contributed by atoms with van der Waals surface area (Å²) in [5.74, 6) is 0. The van der Waals surface area contributed by atoms with Crippen LogP contribution in [0.25, 0.3) is 0 Å². The van der Waals surface area contributed by atoms with E-state index >= 15 is 0 Å². The summed E-state index contributed by atoms with van der Waals surface area (Å²) >= 11 is 0. The molecule has 39 nitrogen and oxygen atoms in total. The van der Waals surface area contributed by atoms with E-state index < -0.39 is 315 Å². The molecular formula is C6H22O39Si40. The lowest BCUT2D eigenvalue weighted by atomic mass is 11.9. The van der Waals surface area contributed by atoms with E-state index in [4.69, 9.17) is 17.2 Å². The molecule has 0 aliphatic rings. The molecule has 0 saturated heterocycles. The number of rotatable bonds is 40. The Morgan fingerprint density at radius 2 is 0.376 bits per heavy atom. The maximum atomic E-state index is 12.8. The highest BCUT2D eigenvalue weighted by atomic mass is 30.1. The van der Waals surface area contributed by atoms with E-state index in [1.165, 1.54) is 13.1 Å². The standard InChI is InChI=1S/C6H22O37Si39.O2Si/c1-45(2)42-44-47(7)48(8)49(9)50(10)51(11)52(12)53(13)54(14)55(15)56(16)57(17)58(18)59(19)60(20)61(21)62(22)63(23)64(24)65(25)66(26)67(27)68(28)69(29)70(30)71(31)72(32)73(33)74(34)75(35)76(36)77(37)78(38)79(39)80(40)81(41)82(5,6)43-46(3)4;1-3-2/h45-46H,44H2,1-6H3;. The van der Waals surface area contributed by atoms with Crippen LogP contribution in [0.15, 0.2) is 0 Å². The van der Waals surface area contributed by atoms with Gasteiger partial charge in [-0.2, -0.15) is 0 Å². The van der Waals surface area contributed by atoms with Crippen LogP contribution in [0.1, 0.15) is 0 Å². The maximum absolute atomic E-state index is 12.8. The molecule has 0 radical (unpaired) electrons. The van der Waals surface area contributed by atoms with Crippen LogP contribution in [-0.4, -0.2) is 315 Å². The van der Waals surface area contributed by atoms with Crippen molar-refractivity contribution in [2.24, 2.45) is 0 Å². The molecule has 0 aliphatic carbocycles. The highest BCUT2D eigenvalue weighted by Gasteiger charge is 2.60. The lowest BCUT2D eigenvalue weighted by Crippen LogP contribution is -2.58. The molecule has 85 heavy (non-hydrogen) atoms. The third-order valence-electron chi connectivity index (χ3n) is 8.68. The summed E-state index contributed by atoms with van der Waals surface area (Å²) in [4.78, 5) is 0. The zero-order chi connectivity index (χ0) is 67.7. The van der Waals surface area contributed by atoms with Gasteiger partial charge in [-0.1, -0.05) is 0 Å². The molecular weight excluding hydrogens is 1820 g/mol. The minimum absolute atomic E-state index is 1.34. The van der Waals surface area contributed by atoms with Crippen LogP contribution in [0.5, 0.6) is 0 Å². The smallest absolute Gasteiger partial charge is 0.460 e. The van der Waals surface area contributed by atoms with E-state index in [2.05, 4.69) is 0 Å². The Morgan fingerprint density at radius 3 is 0.506 bits per heavy atom. The molecule has 0 rings (SSSR count). The lowest BCUT2D eigenvalue weighted by molar-refractivity contribution is 0.497. The van der Waals surface area contributed by atoms with Gasteiger partial charge in [-0.25, -0.2) is 0 Å². The van der Waals surface area contributed by atoms with E-state index in [0.717, 1.165) is 0 Å². The third kappa shape index (κ3) is 25.1. The molecule has 0 bridgehead atoms. The fraction of sp³-hybridized carbons (Fsp3) is 1.00.